The van der Waals surface area contributed by atoms with Crippen LogP contribution in [0.25, 0.3) is 0 Å². The molecule has 0 aromatic heterocycles. The smallest absolute Gasteiger partial charge is 0.260 e. The van der Waals surface area contributed by atoms with Gasteiger partial charge in [0, 0.05) is 18.7 Å². The van der Waals surface area contributed by atoms with Crippen molar-refractivity contribution in [2.75, 3.05) is 16.8 Å². The maximum Gasteiger partial charge on any atom is 0.260 e. The van der Waals surface area contributed by atoms with Crippen LogP contribution in [0, 0.1) is 5.92 Å². The quantitative estimate of drug-likeness (QED) is 0.208. The fourth-order valence-electron chi connectivity index (χ4n) is 5.35. The molecule has 8 nitrogen and oxygen atoms in total. The number of carbonyl (C=O) groups excluding carboxylic acids is 1. The highest BCUT2D eigenvalue weighted by Crippen LogP contribution is 2.48. The Morgan fingerprint density at radius 1 is 1.00 bits per heavy atom. The van der Waals surface area contributed by atoms with E-state index in [2.05, 4.69) is 33.0 Å². The maximum absolute atomic E-state index is 13.5. The van der Waals surface area contributed by atoms with E-state index in [1.807, 2.05) is 0 Å². The monoisotopic (exact) mass is 496 g/mol. The Balaban J connectivity index is 1.22. The second kappa shape index (κ2) is 8.85. The Kier molecular flexibility index (Phi) is 6.08. The summed E-state index contributed by atoms with van der Waals surface area (Å²) in [6.07, 6.45) is 5.31. The third kappa shape index (κ3) is 4.72. The molecule has 4 unspecified atom stereocenters. The summed E-state index contributed by atoms with van der Waals surface area (Å²) in [6.45, 7) is 9.01. The summed E-state index contributed by atoms with van der Waals surface area (Å²) in [5.74, 6) is -0.381. The van der Waals surface area contributed by atoms with Crippen molar-refractivity contribution < 1.29 is 29.6 Å². The number of phenols is 3. The number of benzene rings is 2. The van der Waals surface area contributed by atoms with Crippen molar-refractivity contribution in [3.8, 4) is 17.2 Å². The highest BCUT2D eigenvalue weighted by molar-refractivity contribution is 6.15. The third-order valence-corrected chi connectivity index (χ3v) is 8.01. The van der Waals surface area contributed by atoms with Gasteiger partial charge in [-0.3, -0.25) is 4.79 Å². The van der Waals surface area contributed by atoms with Crippen LogP contribution in [0.5, 0.6) is 17.2 Å². The Hall–Kier alpha value is -2.97. The number of carbonyl (C=O) groups is 1. The molecule has 3 aliphatic heterocycles. The first kappa shape index (κ1) is 24.7. The molecule has 0 radical (unpaired) electrons. The summed E-state index contributed by atoms with van der Waals surface area (Å²) in [4.78, 5) is 15.1. The van der Waals surface area contributed by atoms with Crippen LogP contribution < -0.4 is 10.2 Å². The van der Waals surface area contributed by atoms with Crippen LogP contribution in [-0.2, 0) is 9.47 Å². The second-order valence-electron chi connectivity index (χ2n) is 11.3. The van der Waals surface area contributed by atoms with Gasteiger partial charge < -0.3 is 35.0 Å². The van der Waals surface area contributed by atoms with E-state index in [0.717, 1.165) is 32.1 Å². The number of ether oxygens (including phenoxy) is 2. The highest BCUT2D eigenvalue weighted by Gasteiger charge is 2.54. The van der Waals surface area contributed by atoms with Gasteiger partial charge in [0.05, 0.1) is 40.3 Å². The van der Waals surface area contributed by atoms with E-state index < -0.39 is 0 Å². The topological polar surface area (TPSA) is 118 Å². The number of para-hydroxylation sites is 1. The number of nitrogens with zero attached hydrogens (tertiary/aromatic N) is 1. The molecule has 0 spiro atoms. The zero-order chi connectivity index (χ0) is 25.8. The lowest BCUT2D eigenvalue weighted by Gasteiger charge is -2.25. The number of hydrogen-bond acceptors (Lipinski definition) is 7. The molecule has 0 bridgehead atoms. The summed E-state index contributed by atoms with van der Waals surface area (Å²) < 4.78 is 11.7. The molecule has 2 aromatic carbocycles. The van der Waals surface area contributed by atoms with Crippen molar-refractivity contribution in [1.29, 1.82) is 0 Å². The maximum atomic E-state index is 13.5. The number of phenolic OH excluding ortho intramolecular Hbond substituents is 3. The van der Waals surface area contributed by atoms with E-state index >= 15 is 0 Å². The van der Waals surface area contributed by atoms with Crippen molar-refractivity contribution in [3.05, 3.63) is 35.9 Å². The van der Waals surface area contributed by atoms with Crippen LogP contribution in [0.1, 0.15) is 70.2 Å². The first-order valence-corrected chi connectivity index (χ1v) is 12.8. The van der Waals surface area contributed by atoms with Gasteiger partial charge in [-0.1, -0.05) is 13.0 Å². The molecule has 2 aromatic rings. The van der Waals surface area contributed by atoms with Crippen molar-refractivity contribution in [1.82, 2.24) is 0 Å². The number of rotatable bonds is 9. The molecule has 36 heavy (non-hydrogen) atoms. The standard InChI is InChI=1S/C28H36N2O6/c1-16(8-9-23-28(4,36-23)12-10-22-27(2,3)35-22)11-13-30-19-14-17(31)15-21(33)25(19)29-24-18(26(30)34)6-5-7-20(24)32/h5-7,14-16,22-23,29,31-33H,8-13H2,1-4H3. The zero-order valence-corrected chi connectivity index (χ0v) is 21.4. The average molecular weight is 497 g/mol. The molecular formula is C28H36N2O6. The van der Waals surface area contributed by atoms with Crippen LogP contribution in [0.3, 0.4) is 0 Å². The number of aromatic hydroxyl groups is 3. The summed E-state index contributed by atoms with van der Waals surface area (Å²) >= 11 is 0. The molecule has 1 amide bonds. The molecule has 2 saturated heterocycles. The van der Waals surface area contributed by atoms with E-state index in [4.69, 9.17) is 9.47 Å². The van der Waals surface area contributed by atoms with Gasteiger partial charge in [-0.25, -0.2) is 0 Å². The van der Waals surface area contributed by atoms with Gasteiger partial charge in [0.25, 0.3) is 5.91 Å². The number of nitrogens with one attached hydrogen (secondary N) is 1. The SMILES string of the molecule is CC(CCC1OC1(C)CCC1OC1(C)C)CCN1C(=O)c2cccc(O)c2Nc2c(O)cc(O)cc21. The summed E-state index contributed by atoms with van der Waals surface area (Å²) in [5, 5.41) is 34.0. The molecule has 0 aliphatic carbocycles. The molecule has 0 saturated carbocycles. The molecule has 8 heteroatoms. The first-order chi connectivity index (χ1) is 17.0. The Labute approximate surface area is 211 Å². The largest absolute Gasteiger partial charge is 0.508 e. The van der Waals surface area contributed by atoms with Crippen molar-refractivity contribution >= 4 is 23.0 Å². The van der Waals surface area contributed by atoms with Crippen LogP contribution in [-0.4, -0.2) is 51.2 Å². The molecule has 2 fully saturated rings. The van der Waals surface area contributed by atoms with E-state index in [1.54, 1.807) is 17.0 Å². The Morgan fingerprint density at radius 3 is 2.47 bits per heavy atom. The number of amides is 1. The predicted molar refractivity (Wildman–Crippen MR) is 137 cm³/mol. The van der Waals surface area contributed by atoms with Gasteiger partial charge in [0.2, 0.25) is 0 Å². The Bertz CT molecular complexity index is 1180. The third-order valence-electron chi connectivity index (χ3n) is 8.01. The van der Waals surface area contributed by atoms with Gasteiger partial charge in [-0.05, 0) is 70.9 Å². The normalized spacial score (nSPS) is 26.4. The van der Waals surface area contributed by atoms with Gasteiger partial charge >= 0.3 is 0 Å². The lowest BCUT2D eigenvalue weighted by atomic mass is 9.92. The molecule has 3 heterocycles. The molecule has 3 aliphatic rings. The number of fused-ring (bicyclic) bond motifs is 2. The fraction of sp³-hybridized carbons (Fsp3) is 0.536. The van der Waals surface area contributed by atoms with Crippen LogP contribution in [0.4, 0.5) is 17.1 Å². The molecular weight excluding hydrogens is 460 g/mol. The van der Waals surface area contributed by atoms with Crippen molar-refractivity contribution in [3.63, 3.8) is 0 Å². The second-order valence-corrected chi connectivity index (χ2v) is 11.3. The van der Waals surface area contributed by atoms with Gasteiger partial charge in [0.15, 0.2) is 0 Å². The number of hydrogen-bond donors (Lipinski definition) is 4. The molecule has 4 N–H and O–H groups in total. The summed E-state index contributed by atoms with van der Waals surface area (Å²) in [6, 6.07) is 7.42. The molecule has 194 valence electrons. The molecule has 4 atom stereocenters. The zero-order valence-electron chi connectivity index (χ0n) is 21.4. The minimum absolute atomic E-state index is 0.0149. The van der Waals surface area contributed by atoms with Gasteiger partial charge in [-0.2, -0.15) is 0 Å². The minimum Gasteiger partial charge on any atom is -0.508 e. The average Bonchev–Trinajstić information content (AvgIpc) is 3.67. The Morgan fingerprint density at radius 2 is 1.75 bits per heavy atom. The van der Waals surface area contributed by atoms with E-state index in [-0.39, 0.29) is 51.8 Å². The summed E-state index contributed by atoms with van der Waals surface area (Å²) in [5.41, 5.74) is 1.16. The lowest BCUT2D eigenvalue weighted by Crippen LogP contribution is -2.32. The van der Waals surface area contributed by atoms with Gasteiger partial charge in [0.1, 0.15) is 22.9 Å². The highest BCUT2D eigenvalue weighted by atomic mass is 16.6. The van der Waals surface area contributed by atoms with E-state index in [0.29, 0.717) is 29.8 Å². The fourth-order valence-corrected chi connectivity index (χ4v) is 5.35. The summed E-state index contributed by atoms with van der Waals surface area (Å²) in [7, 11) is 0. The lowest BCUT2D eigenvalue weighted by molar-refractivity contribution is 0.0986. The van der Waals surface area contributed by atoms with Gasteiger partial charge in [-0.15, -0.1) is 0 Å². The van der Waals surface area contributed by atoms with Crippen LogP contribution >= 0.6 is 0 Å². The number of epoxide rings is 2. The number of anilines is 3. The van der Waals surface area contributed by atoms with E-state index in [1.165, 1.54) is 18.2 Å². The van der Waals surface area contributed by atoms with E-state index in [9.17, 15) is 20.1 Å². The van der Waals surface area contributed by atoms with Crippen molar-refractivity contribution in [2.24, 2.45) is 5.92 Å². The minimum atomic E-state index is -0.298. The van der Waals surface area contributed by atoms with Crippen LogP contribution in [0.15, 0.2) is 30.3 Å². The molecule has 5 rings (SSSR count). The first-order valence-electron chi connectivity index (χ1n) is 12.8. The van der Waals surface area contributed by atoms with Crippen LogP contribution in [0.2, 0.25) is 0 Å². The van der Waals surface area contributed by atoms with Crippen molar-refractivity contribution in [2.45, 2.75) is 83.2 Å². The predicted octanol–water partition coefficient (Wildman–Crippen LogP) is 5.43.